The number of carbonyl (C=O) groups excluding carboxylic acids is 1. The zero-order valence-corrected chi connectivity index (χ0v) is 10.9. The van der Waals surface area contributed by atoms with Gasteiger partial charge in [0.1, 0.15) is 6.10 Å². The average Bonchev–Trinajstić information content (AvgIpc) is 2.44. The SMILES string of the molecule is O=C1O[C@H]([C@@H](O)CO)C(O)=C1O.O=[S-](=O)O.[Mo]. The maximum atomic E-state index is 10.5. The molecule has 0 bridgehead atoms. The number of aliphatic hydroxyl groups excluding tert-OH is 4. The van der Waals surface area contributed by atoms with Gasteiger partial charge in [-0.3, -0.25) is 0 Å². The van der Waals surface area contributed by atoms with Crippen molar-refractivity contribution in [1.82, 2.24) is 0 Å². The first-order valence-corrected chi connectivity index (χ1v) is 4.74. The molecule has 11 heteroatoms. The molecule has 17 heavy (non-hydrogen) atoms. The van der Waals surface area contributed by atoms with Crippen molar-refractivity contribution >= 4 is 17.0 Å². The van der Waals surface area contributed by atoms with E-state index in [1.54, 1.807) is 0 Å². The van der Waals surface area contributed by atoms with Gasteiger partial charge in [-0.1, -0.05) is 0 Å². The van der Waals surface area contributed by atoms with Gasteiger partial charge >= 0.3 is 5.97 Å². The molecule has 1 rings (SSSR count). The van der Waals surface area contributed by atoms with E-state index in [1.165, 1.54) is 0 Å². The van der Waals surface area contributed by atoms with Crippen molar-refractivity contribution in [1.29, 1.82) is 0 Å². The average molecular weight is 353 g/mol. The first-order chi connectivity index (χ1) is 7.31. The monoisotopic (exact) mass is 355 g/mol. The standard InChI is InChI=1S/C6H8O6.Mo.HO3S/c7-1-2(8)5-3(9)4(10)6(11)12-5;;1-4(2)3/h2,5,7-10H,1H2;;(H,1,2,3)/q;;-1/t2-,5+;;/m0../s1. The van der Waals surface area contributed by atoms with Gasteiger partial charge in [-0.25, -0.2) is 4.79 Å². The Kier molecular flexibility index (Phi) is 9.26. The summed E-state index contributed by atoms with van der Waals surface area (Å²) in [4.78, 5) is 10.5. The van der Waals surface area contributed by atoms with Crippen LogP contribution in [-0.2, 0) is 50.0 Å². The van der Waals surface area contributed by atoms with Crippen LogP contribution in [0.2, 0.25) is 0 Å². The number of hydrogen-bond donors (Lipinski definition) is 5. The Morgan fingerprint density at radius 3 is 2.00 bits per heavy atom. The van der Waals surface area contributed by atoms with Crippen LogP contribution >= 0.6 is 0 Å². The van der Waals surface area contributed by atoms with Crippen LogP contribution in [0.4, 0.5) is 0 Å². The predicted octanol–water partition coefficient (Wildman–Crippen LogP) is -1.64. The fourth-order valence-corrected chi connectivity index (χ4v) is 0.823. The summed E-state index contributed by atoms with van der Waals surface area (Å²) < 4.78 is 28.4. The van der Waals surface area contributed by atoms with Gasteiger partial charge in [-0.2, -0.15) is 0 Å². The molecule has 0 aromatic carbocycles. The molecule has 5 N–H and O–H groups in total. The molecule has 0 spiro atoms. The van der Waals surface area contributed by atoms with Gasteiger partial charge in [-0.05, 0) is 0 Å². The van der Waals surface area contributed by atoms with Crippen LogP contribution < -0.4 is 0 Å². The van der Waals surface area contributed by atoms with Crippen molar-refractivity contribution in [2.75, 3.05) is 6.61 Å². The first kappa shape index (κ1) is 18.7. The predicted molar refractivity (Wildman–Crippen MR) is 46.6 cm³/mol. The molecule has 100 valence electrons. The van der Waals surface area contributed by atoms with E-state index in [4.69, 9.17) is 33.4 Å². The molecule has 2 atom stereocenters. The topological polar surface area (TPSA) is 162 Å². The summed E-state index contributed by atoms with van der Waals surface area (Å²) in [5.74, 6) is -2.78. The second kappa shape index (κ2) is 8.42. The quantitative estimate of drug-likeness (QED) is 0.129. The molecule has 0 saturated heterocycles. The molecule has 1 heterocycles. The molecule has 0 fully saturated rings. The minimum absolute atomic E-state index is 0. The number of hydrogen-bond acceptors (Lipinski definition) is 9. The fourth-order valence-electron chi connectivity index (χ4n) is 0.823. The van der Waals surface area contributed by atoms with Gasteiger partial charge in [0.25, 0.3) is 0 Å². The second-order valence-electron chi connectivity index (χ2n) is 2.53. The van der Waals surface area contributed by atoms with Gasteiger partial charge in [0.2, 0.25) is 5.76 Å². The Bertz CT molecular complexity index is 354. The van der Waals surface area contributed by atoms with Gasteiger partial charge in [0.05, 0.1) is 6.61 Å². The zero-order valence-electron chi connectivity index (χ0n) is 8.05. The molecule has 0 aromatic heterocycles. The van der Waals surface area contributed by atoms with E-state index in [-0.39, 0.29) is 21.1 Å². The number of esters is 1. The molecule has 0 saturated carbocycles. The Morgan fingerprint density at radius 2 is 1.76 bits per heavy atom. The number of carbonyl (C=O) groups is 1. The third-order valence-corrected chi connectivity index (χ3v) is 1.48. The second-order valence-corrected chi connectivity index (χ2v) is 2.96. The van der Waals surface area contributed by atoms with Gasteiger partial charge in [0, 0.05) is 32.1 Å². The van der Waals surface area contributed by atoms with Crippen molar-refractivity contribution < 1.29 is 64.0 Å². The molecular formula is C6H9MoO9S-. The largest absolute Gasteiger partial charge is 0.505 e. The molecule has 0 radical (unpaired) electrons. The van der Waals surface area contributed by atoms with Crippen molar-refractivity contribution in [3.63, 3.8) is 0 Å². The Balaban J connectivity index is 0. The maximum absolute atomic E-state index is 10.5. The number of rotatable bonds is 2. The van der Waals surface area contributed by atoms with Crippen LogP contribution in [0.1, 0.15) is 0 Å². The molecular weight excluding hydrogens is 344 g/mol. The third kappa shape index (κ3) is 5.99. The minimum Gasteiger partial charge on any atom is -0.505 e. The fraction of sp³-hybridized carbons (Fsp3) is 0.500. The van der Waals surface area contributed by atoms with Crippen molar-refractivity contribution in [3.05, 3.63) is 11.5 Å². The summed E-state index contributed by atoms with van der Waals surface area (Å²) in [7, 11) is -2.86. The molecule has 0 aliphatic carbocycles. The molecule has 1 aliphatic heterocycles. The van der Waals surface area contributed by atoms with E-state index in [2.05, 4.69) is 4.74 Å². The molecule has 1 aliphatic rings. The molecule has 0 unspecified atom stereocenters. The summed E-state index contributed by atoms with van der Waals surface area (Å²) in [5, 5.41) is 35.0. The van der Waals surface area contributed by atoms with Crippen LogP contribution in [0.25, 0.3) is 0 Å². The van der Waals surface area contributed by atoms with E-state index in [0.717, 1.165) is 0 Å². The van der Waals surface area contributed by atoms with Crippen molar-refractivity contribution in [3.8, 4) is 0 Å². The van der Waals surface area contributed by atoms with Crippen molar-refractivity contribution in [2.45, 2.75) is 12.2 Å². The number of ether oxygens (including phenoxy) is 1. The normalized spacial score (nSPS) is 20.2. The molecule has 0 amide bonds. The van der Waals surface area contributed by atoms with Gasteiger partial charge in [0.15, 0.2) is 11.9 Å². The third-order valence-electron chi connectivity index (χ3n) is 1.48. The van der Waals surface area contributed by atoms with E-state index >= 15 is 0 Å². The van der Waals surface area contributed by atoms with Crippen LogP contribution in [0.3, 0.4) is 0 Å². The van der Waals surface area contributed by atoms with E-state index in [9.17, 15) is 4.79 Å². The van der Waals surface area contributed by atoms with Gasteiger partial charge in [-0.15, -0.1) is 0 Å². The van der Waals surface area contributed by atoms with Crippen LogP contribution in [0, 0.1) is 0 Å². The first-order valence-electron chi connectivity index (χ1n) is 3.71. The summed E-state index contributed by atoms with van der Waals surface area (Å²) in [5.41, 5.74) is 0. The van der Waals surface area contributed by atoms with Crippen LogP contribution in [0.5, 0.6) is 0 Å². The smallest absolute Gasteiger partial charge is 0.377 e. The van der Waals surface area contributed by atoms with E-state index < -0.39 is 47.3 Å². The van der Waals surface area contributed by atoms with Crippen molar-refractivity contribution in [2.24, 2.45) is 0 Å². The summed E-state index contributed by atoms with van der Waals surface area (Å²) in [6.45, 7) is -0.671. The van der Waals surface area contributed by atoms with Gasteiger partial charge < -0.3 is 38.1 Å². The molecule has 9 nitrogen and oxygen atoms in total. The number of cyclic esters (lactones) is 1. The maximum Gasteiger partial charge on any atom is 0.377 e. The zero-order chi connectivity index (χ0) is 12.9. The number of aliphatic hydroxyl groups is 4. The molecule has 0 aromatic rings. The summed E-state index contributed by atoms with van der Waals surface area (Å²) >= 11 is 0. The minimum atomic E-state index is -2.86. The van der Waals surface area contributed by atoms with E-state index in [0.29, 0.717) is 0 Å². The Morgan fingerprint density at radius 1 is 1.35 bits per heavy atom. The Hall–Kier alpha value is -0.672. The summed E-state index contributed by atoms with van der Waals surface area (Å²) in [6.07, 6.45) is -2.78. The van der Waals surface area contributed by atoms with Crippen LogP contribution in [-0.4, -0.2) is 49.8 Å². The van der Waals surface area contributed by atoms with E-state index in [1.807, 2.05) is 0 Å². The Labute approximate surface area is 111 Å². The summed E-state index contributed by atoms with van der Waals surface area (Å²) in [6, 6.07) is 0. The van der Waals surface area contributed by atoms with Crippen LogP contribution in [0.15, 0.2) is 11.5 Å².